The van der Waals surface area contributed by atoms with Crippen LogP contribution in [0.4, 0.5) is 0 Å². The molecule has 10 nitrogen and oxygen atoms in total. The lowest BCUT2D eigenvalue weighted by molar-refractivity contribution is -0.189. The van der Waals surface area contributed by atoms with E-state index in [2.05, 4.69) is 0 Å². The molecule has 0 aliphatic carbocycles. The van der Waals surface area contributed by atoms with Crippen molar-refractivity contribution in [3.8, 4) is 23.0 Å². The van der Waals surface area contributed by atoms with Gasteiger partial charge in [0.05, 0.1) is 27.4 Å². The highest BCUT2D eigenvalue weighted by molar-refractivity contribution is 6.29. The standard InChI is InChI=1S/C42H40N2O8/c1-47-33-21-17-31(18-22-33)41(43,25-27-49-37-15-7-11-29-9-3-5-13-35(29)37)51-39(45)40(46)52-42(44,32-19-23-34(48-2)24-20-32)26-28-50-38-16-8-12-30-10-4-6-14-36(30)38/h3-24H,25-28,43-44H2,1-2H3. The zero-order chi connectivity index (χ0) is 36.6. The van der Waals surface area contributed by atoms with E-state index in [0.29, 0.717) is 34.1 Å². The van der Waals surface area contributed by atoms with E-state index in [1.54, 1.807) is 48.5 Å². The van der Waals surface area contributed by atoms with Crippen molar-refractivity contribution in [2.24, 2.45) is 11.5 Å². The first-order valence-corrected chi connectivity index (χ1v) is 16.8. The van der Waals surface area contributed by atoms with Crippen LogP contribution in [0.5, 0.6) is 23.0 Å². The van der Waals surface area contributed by atoms with Crippen LogP contribution in [-0.2, 0) is 30.5 Å². The molecule has 0 bridgehead atoms. The van der Waals surface area contributed by atoms with Gasteiger partial charge in [-0.15, -0.1) is 0 Å². The molecule has 0 fully saturated rings. The van der Waals surface area contributed by atoms with Gasteiger partial charge in [0.1, 0.15) is 23.0 Å². The summed E-state index contributed by atoms with van der Waals surface area (Å²) >= 11 is 0. The Morgan fingerprint density at radius 2 is 0.865 bits per heavy atom. The second kappa shape index (κ2) is 15.8. The molecule has 0 aliphatic heterocycles. The molecule has 2 unspecified atom stereocenters. The van der Waals surface area contributed by atoms with Crippen molar-refractivity contribution in [1.82, 2.24) is 0 Å². The molecule has 0 aliphatic rings. The Balaban J connectivity index is 1.20. The van der Waals surface area contributed by atoms with E-state index >= 15 is 0 Å². The van der Waals surface area contributed by atoms with Gasteiger partial charge >= 0.3 is 11.9 Å². The molecule has 0 radical (unpaired) electrons. The van der Waals surface area contributed by atoms with Crippen molar-refractivity contribution in [2.75, 3.05) is 27.4 Å². The third-order valence-corrected chi connectivity index (χ3v) is 8.83. The van der Waals surface area contributed by atoms with Crippen molar-refractivity contribution in [1.29, 1.82) is 0 Å². The molecule has 10 heteroatoms. The third-order valence-electron chi connectivity index (χ3n) is 8.83. The lowest BCUT2D eigenvalue weighted by Gasteiger charge is -2.32. The average Bonchev–Trinajstić information content (AvgIpc) is 3.18. The van der Waals surface area contributed by atoms with Gasteiger partial charge in [0.25, 0.3) is 0 Å². The van der Waals surface area contributed by atoms with Gasteiger partial charge in [-0.3, -0.25) is 11.5 Å². The summed E-state index contributed by atoms with van der Waals surface area (Å²) in [7, 11) is 3.07. The number of rotatable bonds is 14. The Labute approximate surface area is 301 Å². The van der Waals surface area contributed by atoms with Gasteiger partial charge in [-0.05, 0) is 71.4 Å². The van der Waals surface area contributed by atoms with Crippen LogP contribution in [0.15, 0.2) is 133 Å². The molecule has 2 atom stereocenters. The predicted octanol–water partition coefficient (Wildman–Crippen LogP) is 6.96. The van der Waals surface area contributed by atoms with E-state index in [4.69, 9.17) is 39.9 Å². The zero-order valence-corrected chi connectivity index (χ0v) is 29.0. The number of hydrogen-bond acceptors (Lipinski definition) is 10. The van der Waals surface area contributed by atoms with E-state index in [9.17, 15) is 9.59 Å². The van der Waals surface area contributed by atoms with Crippen LogP contribution in [0, 0.1) is 0 Å². The topological polar surface area (TPSA) is 142 Å². The Morgan fingerprint density at radius 3 is 1.25 bits per heavy atom. The van der Waals surface area contributed by atoms with E-state index in [-0.39, 0.29) is 26.1 Å². The highest BCUT2D eigenvalue weighted by Gasteiger charge is 2.39. The number of carbonyl (C=O) groups excluding carboxylic acids is 2. The molecule has 52 heavy (non-hydrogen) atoms. The average molecular weight is 701 g/mol. The van der Waals surface area contributed by atoms with Crippen molar-refractivity contribution in [3.63, 3.8) is 0 Å². The van der Waals surface area contributed by atoms with Gasteiger partial charge in [-0.25, -0.2) is 9.59 Å². The lowest BCUT2D eigenvalue weighted by atomic mass is 9.99. The number of benzene rings is 6. The van der Waals surface area contributed by atoms with Crippen molar-refractivity contribution < 1.29 is 38.0 Å². The van der Waals surface area contributed by atoms with E-state index in [1.165, 1.54) is 14.2 Å². The van der Waals surface area contributed by atoms with Crippen molar-refractivity contribution in [3.05, 3.63) is 145 Å². The van der Waals surface area contributed by atoms with E-state index in [0.717, 1.165) is 21.5 Å². The van der Waals surface area contributed by atoms with Gasteiger partial charge in [0.15, 0.2) is 11.4 Å². The molecule has 0 spiro atoms. The summed E-state index contributed by atoms with van der Waals surface area (Å²) in [5.41, 5.74) is 10.8. The number of nitrogens with two attached hydrogens (primary N) is 2. The maximum Gasteiger partial charge on any atom is 0.419 e. The van der Waals surface area contributed by atoms with Crippen LogP contribution < -0.4 is 30.4 Å². The van der Waals surface area contributed by atoms with E-state index in [1.807, 2.05) is 84.9 Å². The molecule has 0 saturated heterocycles. The first kappa shape index (κ1) is 35.7. The van der Waals surface area contributed by atoms with Gasteiger partial charge in [0.2, 0.25) is 0 Å². The van der Waals surface area contributed by atoms with Gasteiger partial charge in [0, 0.05) is 34.7 Å². The van der Waals surface area contributed by atoms with Crippen LogP contribution >= 0.6 is 0 Å². The maximum absolute atomic E-state index is 13.6. The molecule has 6 aromatic rings. The quantitative estimate of drug-likeness (QED) is 0.0696. The normalized spacial score (nSPS) is 13.4. The molecular weight excluding hydrogens is 660 g/mol. The molecular formula is C42H40N2O8. The van der Waals surface area contributed by atoms with Crippen molar-refractivity contribution >= 4 is 33.5 Å². The highest BCUT2D eigenvalue weighted by Crippen LogP contribution is 2.32. The summed E-state index contributed by atoms with van der Waals surface area (Å²) in [5, 5.41) is 3.85. The number of hydrogen-bond donors (Lipinski definition) is 2. The van der Waals surface area contributed by atoms with Crippen LogP contribution in [0.1, 0.15) is 24.0 Å². The Hall–Kier alpha value is -6.10. The summed E-state index contributed by atoms with van der Waals surface area (Å²) in [6.45, 7) is 0.105. The van der Waals surface area contributed by atoms with Crippen LogP contribution in [0.25, 0.3) is 21.5 Å². The fraction of sp³-hybridized carbons (Fsp3) is 0.190. The summed E-state index contributed by atoms with van der Waals surface area (Å²) < 4.78 is 34.4. The fourth-order valence-electron chi connectivity index (χ4n) is 5.94. The Bertz CT molecular complexity index is 1990. The molecule has 0 aromatic heterocycles. The van der Waals surface area contributed by atoms with Gasteiger partial charge < -0.3 is 28.4 Å². The number of esters is 2. The van der Waals surface area contributed by atoms with Crippen LogP contribution in [0.3, 0.4) is 0 Å². The lowest BCUT2D eigenvalue weighted by Crippen LogP contribution is -2.48. The molecule has 0 saturated carbocycles. The molecule has 6 rings (SSSR count). The number of ether oxygens (including phenoxy) is 6. The minimum absolute atomic E-state index is 0.00725. The first-order chi connectivity index (χ1) is 25.2. The van der Waals surface area contributed by atoms with E-state index < -0.39 is 23.4 Å². The largest absolute Gasteiger partial charge is 0.497 e. The summed E-state index contributed by atoms with van der Waals surface area (Å²) in [5.74, 6) is -0.245. The van der Waals surface area contributed by atoms with Crippen molar-refractivity contribution in [2.45, 2.75) is 24.3 Å². The third kappa shape index (κ3) is 8.10. The van der Waals surface area contributed by atoms with Gasteiger partial charge in [-0.1, -0.05) is 72.8 Å². The molecule has 266 valence electrons. The number of methoxy groups -OCH3 is 2. The Kier molecular flexibility index (Phi) is 10.9. The smallest absolute Gasteiger partial charge is 0.419 e. The van der Waals surface area contributed by atoms with Crippen LogP contribution in [-0.4, -0.2) is 39.4 Å². The Morgan fingerprint density at radius 1 is 0.500 bits per heavy atom. The first-order valence-electron chi connectivity index (χ1n) is 16.8. The SMILES string of the molecule is COc1ccc(C(N)(CCOc2cccc3ccccc23)OC(=O)C(=O)OC(N)(CCOc2cccc3ccccc23)c2ccc(OC)cc2)cc1. The maximum atomic E-state index is 13.6. The minimum atomic E-state index is -1.79. The number of carbonyl (C=O) groups is 2. The zero-order valence-electron chi connectivity index (χ0n) is 29.0. The molecule has 4 N–H and O–H groups in total. The summed E-state index contributed by atoms with van der Waals surface area (Å²) in [4.78, 5) is 27.1. The second-order valence-electron chi connectivity index (χ2n) is 12.2. The predicted molar refractivity (Wildman–Crippen MR) is 198 cm³/mol. The fourth-order valence-corrected chi connectivity index (χ4v) is 5.94. The summed E-state index contributed by atoms with van der Waals surface area (Å²) in [6, 6.07) is 40.4. The number of fused-ring (bicyclic) bond motifs is 2. The second-order valence-corrected chi connectivity index (χ2v) is 12.2. The monoisotopic (exact) mass is 700 g/mol. The molecule has 0 heterocycles. The molecule has 6 aromatic carbocycles. The molecule has 0 amide bonds. The minimum Gasteiger partial charge on any atom is -0.497 e. The summed E-state index contributed by atoms with van der Waals surface area (Å²) in [6.07, 6.45) is -0.0145. The van der Waals surface area contributed by atoms with Crippen LogP contribution in [0.2, 0.25) is 0 Å². The van der Waals surface area contributed by atoms with Gasteiger partial charge in [-0.2, -0.15) is 0 Å². The highest BCUT2D eigenvalue weighted by atomic mass is 16.6.